The minimum atomic E-state index is -0.0307. The first-order chi connectivity index (χ1) is 9.65. The number of hydrogen-bond acceptors (Lipinski definition) is 3. The van der Waals surface area contributed by atoms with Crippen LogP contribution in [0.5, 0.6) is 0 Å². The molecule has 0 saturated carbocycles. The maximum absolute atomic E-state index is 6.24. The molecule has 1 aromatic heterocycles. The number of nitrogens with one attached hydrogen (secondary N) is 1. The summed E-state index contributed by atoms with van der Waals surface area (Å²) in [4.78, 5) is 0. The fraction of sp³-hybridized carbons (Fsp3) is 0.143. The maximum atomic E-state index is 6.24. The second-order valence-corrected chi connectivity index (χ2v) is 6.42. The van der Waals surface area contributed by atoms with Crippen LogP contribution in [0.15, 0.2) is 36.4 Å². The third-order valence-corrected chi connectivity index (χ3v) is 4.80. The molecule has 0 bridgehead atoms. The first kappa shape index (κ1) is 13.9. The molecule has 0 aliphatic rings. The van der Waals surface area contributed by atoms with Crippen LogP contribution in [-0.4, -0.2) is 22.9 Å². The van der Waals surface area contributed by atoms with Crippen LogP contribution in [0.3, 0.4) is 0 Å². The number of aromatic nitrogens is 2. The van der Waals surface area contributed by atoms with E-state index < -0.39 is 0 Å². The second-order valence-electron chi connectivity index (χ2n) is 4.47. The number of rotatable bonds is 3. The van der Waals surface area contributed by atoms with E-state index in [-0.39, 0.29) is 21.0 Å². The summed E-state index contributed by atoms with van der Waals surface area (Å²) in [6, 6.07) is 11.5. The predicted molar refractivity (Wildman–Crippen MR) is 85.0 cm³/mol. The molecule has 0 saturated heterocycles. The van der Waals surface area contributed by atoms with Crippen LogP contribution >= 0.6 is 23.2 Å². The Bertz CT molecular complexity index is 757. The predicted octanol–water partition coefficient (Wildman–Crippen LogP) is 4.17. The van der Waals surface area contributed by atoms with Crippen molar-refractivity contribution >= 4 is 54.9 Å². The van der Waals surface area contributed by atoms with Gasteiger partial charge in [-0.15, -0.1) is 0 Å². The molecule has 0 radical (unpaired) electrons. The fourth-order valence-corrected chi connectivity index (χ4v) is 3.70. The van der Waals surface area contributed by atoms with Gasteiger partial charge in [-0.1, -0.05) is 0 Å². The Hall–Kier alpha value is -1.06. The van der Waals surface area contributed by atoms with Crippen molar-refractivity contribution in [1.82, 2.24) is 7.96 Å². The monoisotopic (exact) mass is 371 g/mol. The van der Waals surface area contributed by atoms with Crippen LogP contribution in [-0.2, 0) is 0 Å². The number of hydrogen-bond donors (Lipinski definition) is 1. The standard InChI is InChI=1S/C14H11Cl2N3Se/c1-8(10-7-9(15)5-6-11(10)16)17-12-3-2-4-13-14(12)19-20-18-13/h2-8,17H,1H3. The van der Waals surface area contributed by atoms with E-state index in [0.29, 0.717) is 10.0 Å². The van der Waals surface area contributed by atoms with Gasteiger partial charge in [-0.3, -0.25) is 0 Å². The molecule has 3 nitrogen and oxygen atoms in total. The quantitative estimate of drug-likeness (QED) is 0.703. The van der Waals surface area contributed by atoms with Crippen molar-refractivity contribution in [2.24, 2.45) is 0 Å². The third-order valence-electron chi connectivity index (χ3n) is 3.08. The Morgan fingerprint density at radius 2 is 2.00 bits per heavy atom. The van der Waals surface area contributed by atoms with Gasteiger partial charge in [0.25, 0.3) is 0 Å². The minimum absolute atomic E-state index is 0.0307. The Labute approximate surface area is 133 Å². The van der Waals surface area contributed by atoms with E-state index >= 15 is 0 Å². The van der Waals surface area contributed by atoms with Crippen molar-refractivity contribution in [3.05, 3.63) is 52.0 Å². The van der Waals surface area contributed by atoms with Gasteiger partial charge in [-0.25, -0.2) is 0 Å². The number of anilines is 1. The van der Waals surface area contributed by atoms with Gasteiger partial charge in [0.1, 0.15) is 0 Å². The molecule has 3 aromatic rings. The van der Waals surface area contributed by atoms with Gasteiger partial charge in [0.15, 0.2) is 0 Å². The third kappa shape index (κ3) is 2.70. The van der Waals surface area contributed by atoms with Gasteiger partial charge in [-0.05, 0) is 0 Å². The number of fused-ring (bicyclic) bond motifs is 1. The summed E-state index contributed by atoms with van der Waals surface area (Å²) >= 11 is 12.2. The molecule has 1 N–H and O–H groups in total. The second kappa shape index (κ2) is 5.74. The zero-order valence-electron chi connectivity index (χ0n) is 10.6. The molecule has 6 heteroatoms. The van der Waals surface area contributed by atoms with E-state index in [1.165, 1.54) is 0 Å². The van der Waals surface area contributed by atoms with Crippen LogP contribution < -0.4 is 5.32 Å². The summed E-state index contributed by atoms with van der Waals surface area (Å²) in [6.45, 7) is 2.05. The molecule has 1 heterocycles. The first-order valence-corrected chi connectivity index (χ1v) is 8.37. The molecular formula is C14H11Cl2N3Se. The Kier molecular flexibility index (Phi) is 3.99. The molecular weight excluding hydrogens is 360 g/mol. The summed E-state index contributed by atoms with van der Waals surface area (Å²) < 4.78 is 8.84. The van der Waals surface area contributed by atoms with E-state index in [4.69, 9.17) is 23.2 Å². The van der Waals surface area contributed by atoms with Gasteiger partial charge in [0, 0.05) is 0 Å². The fourth-order valence-electron chi connectivity index (χ4n) is 2.08. The number of nitrogens with zero attached hydrogens (tertiary/aromatic N) is 2. The average Bonchev–Trinajstić information content (AvgIpc) is 2.91. The zero-order chi connectivity index (χ0) is 14.1. The summed E-state index contributed by atoms with van der Waals surface area (Å²) in [5, 5.41) is 4.82. The van der Waals surface area contributed by atoms with Crippen molar-refractivity contribution < 1.29 is 0 Å². The molecule has 0 fully saturated rings. The van der Waals surface area contributed by atoms with Gasteiger partial charge in [0.05, 0.1) is 0 Å². The molecule has 0 aliphatic heterocycles. The summed E-state index contributed by atoms with van der Waals surface area (Å²) in [6.07, 6.45) is 0. The molecule has 0 amide bonds. The van der Waals surface area contributed by atoms with Crippen molar-refractivity contribution in [3.63, 3.8) is 0 Å². The molecule has 3 rings (SSSR count). The summed E-state index contributed by atoms with van der Waals surface area (Å²) in [7, 11) is 0. The number of halogens is 2. The van der Waals surface area contributed by atoms with Crippen LogP contribution in [0, 0.1) is 0 Å². The van der Waals surface area contributed by atoms with E-state index in [1.807, 2.05) is 37.3 Å². The number of benzene rings is 2. The van der Waals surface area contributed by atoms with Gasteiger partial charge in [-0.2, -0.15) is 0 Å². The van der Waals surface area contributed by atoms with E-state index in [2.05, 4.69) is 13.3 Å². The molecule has 1 unspecified atom stereocenters. The SMILES string of the molecule is CC(Nc1cccc2n[se]nc12)c1cc(Cl)ccc1Cl. The molecule has 1 atom stereocenters. The van der Waals surface area contributed by atoms with Crippen molar-refractivity contribution in [1.29, 1.82) is 0 Å². The van der Waals surface area contributed by atoms with Gasteiger partial charge < -0.3 is 0 Å². The topological polar surface area (TPSA) is 37.8 Å². The van der Waals surface area contributed by atoms with Crippen LogP contribution in [0.1, 0.15) is 18.5 Å². The summed E-state index contributed by atoms with van der Waals surface area (Å²) in [5.74, 6) is 0. The molecule has 0 spiro atoms. The molecule has 0 aliphatic carbocycles. The van der Waals surface area contributed by atoms with Crippen LogP contribution in [0.2, 0.25) is 10.0 Å². The summed E-state index contributed by atoms with van der Waals surface area (Å²) in [5.41, 5.74) is 3.85. The van der Waals surface area contributed by atoms with Crippen LogP contribution in [0.25, 0.3) is 11.0 Å². The van der Waals surface area contributed by atoms with Crippen molar-refractivity contribution in [2.75, 3.05) is 5.32 Å². The zero-order valence-corrected chi connectivity index (χ0v) is 13.8. The van der Waals surface area contributed by atoms with Crippen LogP contribution in [0.4, 0.5) is 5.69 Å². The Balaban J connectivity index is 1.94. The van der Waals surface area contributed by atoms with Gasteiger partial charge in [0.2, 0.25) is 0 Å². The van der Waals surface area contributed by atoms with E-state index in [9.17, 15) is 0 Å². The van der Waals surface area contributed by atoms with Crippen molar-refractivity contribution in [3.8, 4) is 0 Å². The van der Waals surface area contributed by atoms with Crippen molar-refractivity contribution in [2.45, 2.75) is 13.0 Å². The average molecular weight is 371 g/mol. The van der Waals surface area contributed by atoms with Gasteiger partial charge >= 0.3 is 133 Å². The first-order valence-electron chi connectivity index (χ1n) is 6.08. The Morgan fingerprint density at radius 1 is 1.15 bits per heavy atom. The Morgan fingerprint density at radius 3 is 2.85 bits per heavy atom. The normalized spacial score (nSPS) is 12.6. The van der Waals surface area contributed by atoms with E-state index in [0.717, 1.165) is 22.3 Å². The molecule has 102 valence electrons. The molecule has 20 heavy (non-hydrogen) atoms. The molecule has 2 aromatic carbocycles. The van der Waals surface area contributed by atoms with E-state index in [1.54, 1.807) is 6.07 Å².